The monoisotopic (exact) mass is 390 g/mol. The number of likely N-dealkylation sites (N-methyl/N-ethyl adjacent to an activating group) is 1. The topological polar surface area (TPSA) is 49.6 Å². The molecular formula is C21H22N6S. The molecule has 0 aliphatic carbocycles. The third-order valence-electron chi connectivity index (χ3n) is 5.45. The van der Waals surface area contributed by atoms with Gasteiger partial charge in [-0.1, -0.05) is 12.1 Å². The van der Waals surface area contributed by atoms with E-state index in [-0.39, 0.29) is 6.04 Å². The molecule has 1 aliphatic heterocycles. The van der Waals surface area contributed by atoms with Crippen molar-refractivity contribution in [3.05, 3.63) is 71.5 Å². The number of rotatable bonds is 4. The third kappa shape index (κ3) is 3.32. The minimum atomic E-state index is 0.281. The normalized spacial score (nSPS) is 18.7. The van der Waals surface area contributed by atoms with Gasteiger partial charge in [0.2, 0.25) is 0 Å². The van der Waals surface area contributed by atoms with Crippen LogP contribution >= 0.6 is 11.3 Å². The number of piperazine rings is 1. The molecule has 0 saturated carbocycles. The molecule has 0 N–H and O–H groups in total. The summed E-state index contributed by atoms with van der Waals surface area (Å²) < 4.78 is 2.13. The first-order valence-electron chi connectivity index (χ1n) is 9.46. The van der Waals surface area contributed by atoms with Crippen LogP contribution in [0.15, 0.2) is 60.8 Å². The molecule has 142 valence electrons. The number of thiazole rings is 1. The molecule has 5 heterocycles. The van der Waals surface area contributed by atoms with Crippen molar-refractivity contribution >= 4 is 16.9 Å². The summed E-state index contributed by atoms with van der Waals surface area (Å²) in [4.78, 5) is 18.4. The Labute approximate surface area is 168 Å². The van der Waals surface area contributed by atoms with E-state index in [2.05, 4.69) is 55.6 Å². The van der Waals surface area contributed by atoms with Crippen molar-refractivity contribution in [1.29, 1.82) is 0 Å². The van der Waals surface area contributed by atoms with Crippen molar-refractivity contribution < 1.29 is 0 Å². The van der Waals surface area contributed by atoms with Gasteiger partial charge in [0.1, 0.15) is 5.01 Å². The van der Waals surface area contributed by atoms with Gasteiger partial charge in [-0.05, 0) is 24.7 Å². The number of nitrogens with zero attached hydrogens (tertiary/aromatic N) is 6. The van der Waals surface area contributed by atoms with E-state index in [4.69, 9.17) is 4.98 Å². The Kier molecular flexibility index (Phi) is 4.64. The van der Waals surface area contributed by atoms with Gasteiger partial charge in [-0.15, -0.1) is 11.3 Å². The average molecular weight is 391 g/mol. The van der Waals surface area contributed by atoms with E-state index in [1.807, 2.05) is 30.2 Å². The van der Waals surface area contributed by atoms with Gasteiger partial charge in [-0.2, -0.15) is 0 Å². The van der Waals surface area contributed by atoms with Gasteiger partial charge >= 0.3 is 0 Å². The van der Waals surface area contributed by atoms with E-state index in [0.717, 1.165) is 43.0 Å². The van der Waals surface area contributed by atoms with Gasteiger partial charge in [0, 0.05) is 55.4 Å². The largest absolute Gasteiger partial charge is 0.305 e. The summed E-state index contributed by atoms with van der Waals surface area (Å²) in [5.41, 5.74) is 4.57. The summed E-state index contributed by atoms with van der Waals surface area (Å²) >= 11 is 1.73. The van der Waals surface area contributed by atoms with Gasteiger partial charge in [0.25, 0.3) is 0 Å². The highest BCUT2D eigenvalue weighted by Crippen LogP contribution is 2.29. The number of fused-ring (bicyclic) bond motifs is 1. The van der Waals surface area contributed by atoms with E-state index < -0.39 is 0 Å². The lowest BCUT2D eigenvalue weighted by molar-refractivity contribution is 0.0892. The van der Waals surface area contributed by atoms with E-state index in [0.29, 0.717) is 0 Å². The minimum Gasteiger partial charge on any atom is -0.305 e. The van der Waals surface area contributed by atoms with Gasteiger partial charge in [0.15, 0.2) is 0 Å². The van der Waals surface area contributed by atoms with Crippen LogP contribution in [0.4, 0.5) is 0 Å². The fourth-order valence-corrected chi connectivity index (χ4v) is 4.53. The summed E-state index contributed by atoms with van der Waals surface area (Å²) in [6.45, 7) is 3.97. The molecule has 1 aliphatic rings. The summed E-state index contributed by atoms with van der Waals surface area (Å²) in [5.74, 6) is 0. The first kappa shape index (κ1) is 17.5. The van der Waals surface area contributed by atoms with Crippen molar-refractivity contribution in [3.63, 3.8) is 0 Å². The predicted molar refractivity (Wildman–Crippen MR) is 111 cm³/mol. The number of hydrogen-bond donors (Lipinski definition) is 0. The molecule has 0 aromatic carbocycles. The molecule has 0 amide bonds. The highest BCUT2D eigenvalue weighted by Gasteiger charge is 2.29. The Balaban J connectivity index is 1.43. The Morgan fingerprint density at radius 3 is 2.89 bits per heavy atom. The lowest BCUT2D eigenvalue weighted by atomic mass is 10.1. The Bertz CT molecular complexity index is 1060. The molecular weight excluding hydrogens is 368 g/mol. The highest BCUT2D eigenvalue weighted by molar-refractivity contribution is 7.09. The molecule has 1 saturated heterocycles. The highest BCUT2D eigenvalue weighted by atomic mass is 32.1. The zero-order valence-corrected chi connectivity index (χ0v) is 16.6. The first-order chi connectivity index (χ1) is 13.8. The Morgan fingerprint density at radius 1 is 1.11 bits per heavy atom. The number of hydrogen-bond acceptors (Lipinski definition) is 6. The summed E-state index contributed by atoms with van der Waals surface area (Å²) in [5, 5.41) is 3.23. The second-order valence-electron chi connectivity index (χ2n) is 7.24. The van der Waals surface area contributed by atoms with E-state index in [9.17, 15) is 0 Å². The molecule has 4 aromatic heterocycles. The van der Waals surface area contributed by atoms with E-state index in [1.54, 1.807) is 17.5 Å². The molecule has 0 bridgehead atoms. The molecule has 1 atom stereocenters. The quantitative estimate of drug-likeness (QED) is 0.535. The minimum absolute atomic E-state index is 0.281. The Morgan fingerprint density at radius 2 is 2.07 bits per heavy atom. The maximum atomic E-state index is 4.80. The molecule has 7 heteroatoms. The molecule has 6 nitrogen and oxygen atoms in total. The number of pyridine rings is 2. The van der Waals surface area contributed by atoms with Crippen LogP contribution in [-0.4, -0.2) is 55.8 Å². The summed E-state index contributed by atoms with van der Waals surface area (Å²) in [6, 6.07) is 8.67. The van der Waals surface area contributed by atoms with Crippen LogP contribution in [0.5, 0.6) is 0 Å². The number of imidazole rings is 1. The Hall–Kier alpha value is -2.61. The van der Waals surface area contributed by atoms with Crippen molar-refractivity contribution in [2.45, 2.75) is 12.6 Å². The van der Waals surface area contributed by atoms with Crippen LogP contribution in [0.25, 0.3) is 16.6 Å². The van der Waals surface area contributed by atoms with Crippen molar-refractivity contribution in [2.75, 3.05) is 26.7 Å². The molecule has 4 aromatic rings. The van der Waals surface area contributed by atoms with Crippen molar-refractivity contribution in [2.24, 2.45) is 0 Å². The average Bonchev–Trinajstić information content (AvgIpc) is 3.39. The summed E-state index contributed by atoms with van der Waals surface area (Å²) in [6.07, 6.45) is 9.64. The van der Waals surface area contributed by atoms with Crippen LogP contribution in [0.2, 0.25) is 0 Å². The maximum absolute atomic E-state index is 4.80. The maximum Gasteiger partial charge on any atom is 0.107 e. The van der Waals surface area contributed by atoms with Crippen molar-refractivity contribution in [1.82, 2.24) is 29.2 Å². The lowest BCUT2D eigenvalue weighted by Gasteiger charge is -2.38. The van der Waals surface area contributed by atoms with Gasteiger partial charge < -0.3 is 4.40 Å². The standard InChI is InChI=1S/C21H22N6S/c1-25-8-9-26(14-20-23-7-10-28-20)13-19(25)21-18-5-4-17(12-27(18)15-24-21)16-3-2-6-22-11-16/h2-7,10-12,15,19H,8-9,13-14H2,1H3/t19-/m1/s1. The molecule has 1 fully saturated rings. The van der Waals surface area contributed by atoms with E-state index in [1.165, 1.54) is 10.5 Å². The second-order valence-corrected chi connectivity index (χ2v) is 8.22. The lowest BCUT2D eigenvalue weighted by Crippen LogP contribution is -2.46. The number of aromatic nitrogens is 4. The second kappa shape index (κ2) is 7.43. The first-order valence-corrected chi connectivity index (χ1v) is 10.3. The van der Waals surface area contributed by atoms with Crippen molar-refractivity contribution in [3.8, 4) is 11.1 Å². The fourth-order valence-electron chi connectivity index (χ4n) is 3.87. The van der Waals surface area contributed by atoms with E-state index >= 15 is 0 Å². The van der Waals surface area contributed by atoms with Gasteiger partial charge in [-0.3, -0.25) is 14.8 Å². The molecule has 0 radical (unpaired) electrons. The van der Waals surface area contributed by atoms with Crippen LogP contribution < -0.4 is 0 Å². The zero-order valence-electron chi connectivity index (χ0n) is 15.8. The van der Waals surface area contributed by atoms with Gasteiger partial charge in [0.05, 0.1) is 30.1 Å². The van der Waals surface area contributed by atoms with Crippen LogP contribution in [-0.2, 0) is 6.54 Å². The van der Waals surface area contributed by atoms with Gasteiger partial charge in [-0.25, -0.2) is 9.97 Å². The SMILES string of the molecule is CN1CCN(Cc2nccs2)C[C@@H]1c1ncn2cc(-c3cccnc3)ccc12. The van der Waals surface area contributed by atoms with Crippen LogP contribution in [0.1, 0.15) is 16.7 Å². The summed E-state index contributed by atoms with van der Waals surface area (Å²) in [7, 11) is 2.20. The van der Waals surface area contributed by atoms with Crippen LogP contribution in [0.3, 0.4) is 0 Å². The smallest absolute Gasteiger partial charge is 0.107 e. The third-order valence-corrected chi connectivity index (χ3v) is 6.21. The molecule has 5 rings (SSSR count). The molecule has 28 heavy (non-hydrogen) atoms. The fraction of sp³-hybridized carbons (Fsp3) is 0.286. The van der Waals surface area contributed by atoms with Crippen LogP contribution in [0, 0.1) is 0 Å². The predicted octanol–water partition coefficient (Wildman–Crippen LogP) is 3.34. The molecule has 0 spiro atoms. The zero-order chi connectivity index (χ0) is 18.9. The molecule has 0 unspecified atom stereocenters.